The summed E-state index contributed by atoms with van der Waals surface area (Å²) in [5, 5.41) is -0.445. The maximum atomic E-state index is 12.1. The monoisotopic (exact) mass is 281 g/mol. The summed E-state index contributed by atoms with van der Waals surface area (Å²) in [6.45, 7) is 9.18. The first-order valence-corrected chi connectivity index (χ1v) is 7.69. The molecule has 0 aromatic carbocycles. The number of alkyl halides is 1. The Morgan fingerprint density at radius 2 is 2.11 bits per heavy atom. The molecule has 0 N–H and O–H groups in total. The zero-order valence-electron chi connectivity index (χ0n) is 12.4. The van der Waals surface area contributed by atoms with Crippen LogP contribution in [0.5, 0.6) is 0 Å². The Bertz CT molecular complexity index is 483. The highest BCUT2D eigenvalue weighted by atomic mass is 35.5. The van der Waals surface area contributed by atoms with Crippen LogP contribution in [0.25, 0.3) is 0 Å². The van der Waals surface area contributed by atoms with Gasteiger partial charge < -0.3 is 4.57 Å². The van der Waals surface area contributed by atoms with Crippen molar-refractivity contribution in [2.75, 3.05) is 0 Å². The Kier molecular flexibility index (Phi) is 4.10. The van der Waals surface area contributed by atoms with Crippen LogP contribution in [0.3, 0.4) is 0 Å². The van der Waals surface area contributed by atoms with E-state index in [9.17, 15) is 4.79 Å². The second-order valence-electron chi connectivity index (χ2n) is 6.10. The van der Waals surface area contributed by atoms with Crippen LogP contribution in [0.4, 0.5) is 0 Å². The summed E-state index contributed by atoms with van der Waals surface area (Å²) < 4.78 is 2.31. The molecule has 0 aliphatic heterocycles. The maximum absolute atomic E-state index is 12.1. The fraction of sp³-hybridized carbons (Fsp3) is 0.688. The molecule has 19 heavy (non-hydrogen) atoms. The van der Waals surface area contributed by atoms with Crippen LogP contribution in [0.1, 0.15) is 61.3 Å². The van der Waals surface area contributed by atoms with Gasteiger partial charge in [-0.2, -0.15) is 0 Å². The average Bonchev–Trinajstić information content (AvgIpc) is 3.05. The number of hydrogen-bond acceptors (Lipinski definition) is 1. The Hall–Kier alpha value is -0.760. The molecule has 2 nitrogen and oxygen atoms in total. The first kappa shape index (κ1) is 14.6. The number of nitrogens with zero attached hydrogens (tertiary/aromatic N) is 1. The van der Waals surface area contributed by atoms with Gasteiger partial charge in [0.2, 0.25) is 0 Å². The molecule has 106 valence electrons. The van der Waals surface area contributed by atoms with Crippen molar-refractivity contribution in [1.29, 1.82) is 0 Å². The lowest BCUT2D eigenvalue weighted by molar-refractivity contribution is 0.0991. The maximum Gasteiger partial charge on any atom is 0.182 e. The number of aryl methyl sites for hydroxylation is 1. The van der Waals surface area contributed by atoms with E-state index in [2.05, 4.69) is 18.4 Å². The van der Waals surface area contributed by atoms with Crippen LogP contribution in [0.2, 0.25) is 0 Å². The molecular formula is C16H24ClNO. The van der Waals surface area contributed by atoms with E-state index in [0.717, 1.165) is 17.8 Å². The van der Waals surface area contributed by atoms with E-state index in [4.69, 9.17) is 11.6 Å². The Labute approximate surface area is 121 Å². The van der Waals surface area contributed by atoms with Gasteiger partial charge in [-0.15, -0.1) is 11.6 Å². The molecule has 1 atom stereocenters. The second-order valence-corrected chi connectivity index (χ2v) is 6.76. The van der Waals surface area contributed by atoms with Crippen LogP contribution in [-0.2, 0) is 6.54 Å². The van der Waals surface area contributed by atoms with Crippen molar-refractivity contribution in [2.45, 2.75) is 65.3 Å². The van der Waals surface area contributed by atoms with Crippen LogP contribution in [0.15, 0.2) is 6.07 Å². The quantitative estimate of drug-likeness (QED) is 0.556. The van der Waals surface area contributed by atoms with Gasteiger partial charge in [-0.25, -0.2) is 0 Å². The molecule has 3 heteroatoms. The van der Waals surface area contributed by atoms with Gasteiger partial charge in [-0.3, -0.25) is 4.79 Å². The number of ketones is 1. The molecule has 2 rings (SSSR count). The number of carbonyl (C=O) groups excluding carboxylic acids is 1. The van der Waals surface area contributed by atoms with Gasteiger partial charge in [0.05, 0.1) is 5.38 Å². The lowest BCUT2D eigenvalue weighted by Gasteiger charge is -2.18. The molecule has 0 spiro atoms. The van der Waals surface area contributed by atoms with Crippen LogP contribution < -0.4 is 0 Å². The van der Waals surface area contributed by atoms with E-state index >= 15 is 0 Å². The zero-order chi connectivity index (χ0) is 14.2. The van der Waals surface area contributed by atoms with Crippen molar-refractivity contribution in [3.8, 4) is 0 Å². The minimum Gasteiger partial charge on any atom is -0.348 e. The normalized spacial score (nSPS) is 18.4. The molecule has 1 aliphatic carbocycles. The molecule has 1 aliphatic rings. The third kappa shape index (κ3) is 2.89. The predicted molar refractivity (Wildman–Crippen MR) is 80.1 cm³/mol. The number of hydrogen-bond donors (Lipinski definition) is 0. The van der Waals surface area contributed by atoms with E-state index in [-0.39, 0.29) is 5.78 Å². The van der Waals surface area contributed by atoms with E-state index in [0.29, 0.717) is 5.41 Å². The molecule has 0 amide bonds. The first-order valence-electron chi connectivity index (χ1n) is 7.25. The summed E-state index contributed by atoms with van der Waals surface area (Å²) in [5.41, 5.74) is 3.56. The molecule has 1 aromatic rings. The van der Waals surface area contributed by atoms with Crippen molar-refractivity contribution < 1.29 is 4.79 Å². The minimum atomic E-state index is -0.445. The topological polar surface area (TPSA) is 22.0 Å². The Morgan fingerprint density at radius 1 is 1.47 bits per heavy atom. The standard InChI is InChI=1S/C16H24ClNO/c1-5-6-16(7-8-16)10-18-11(2)9-14(13(18)4)15(19)12(3)17/h9,12H,5-8,10H2,1-4H3. The molecule has 0 radical (unpaired) electrons. The van der Waals surface area contributed by atoms with E-state index in [1.165, 1.54) is 31.4 Å². The Balaban J connectivity index is 2.25. The summed E-state index contributed by atoms with van der Waals surface area (Å²) in [6, 6.07) is 2.00. The van der Waals surface area contributed by atoms with Crippen LogP contribution >= 0.6 is 11.6 Å². The van der Waals surface area contributed by atoms with Crippen molar-refractivity contribution in [1.82, 2.24) is 4.57 Å². The number of halogens is 1. The van der Waals surface area contributed by atoms with Crippen molar-refractivity contribution in [3.63, 3.8) is 0 Å². The summed E-state index contributed by atoms with van der Waals surface area (Å²) in [4.78, 5) is 12.1. The number of carbonyl (C=O) groups is 1. The predicted octanol–water partition coefficient (Wildman–Crippen LogP) is 4.50. The summed E-state index contributed by atoms with van der Waals surface area (Å²) in [6.07, 6.45) is 5.18. The minimum absolute atomic E-state index is 0.0429. The first-order chi connectivity index (χ1) is 8.90. The second kappa shape index (κ2) is 5.32. The van der Waals surface area contributed by atoms with Gasteiger partial charge in [0, 0.05) is 23.5 Å². The highest BCUT2D eigenvalue weighted by molar-refractivity contribution is 6.33. The molecule has 1 fully saturated rings. The van der Waals surface area contributed by atoms with Gasteiger partial charge in [0.25, 0.3) is 0 Å². The Morgan fingerprint density at radius 3 is 2.58 bits per heavy atom. The number of rotatable bonds is 6. The van der Waals surface area contributed by atoms with Crippen LogP contribution in [0, 0.1) is 19.3 Å². The number of Topliss-reactive ketones (excluding diaryl/α,β-unsaturated/α-hetero) is 1. The highest BCUT2D eigenvalue weighted by Crippen LogP contribution is 2.51. The van der Waals surface area contributed by atoms with Gasteiger partial charge >= 0.3 is 0 Å². The van der Waals surface area contributed by atoms with Gasteiger partial charge in [0.1, 0.15) is 0 Å². The molecule has 0 bridgehead atoms. The lowest BCUT2D eigenvalue weighted by Crippen LogP contribution is -2.16. The highest BCUT2D eigenvalue weighted by Gasteiger charge is 2.42. The molecule has 1 unspecified atom stereocenters. The van der Waals surface area contributed by atoms with Crippen molar-refractivity contribution >= 4 is 17.4 Å². The third-order valence-corrected chi connectivity index (χ3v) is 4.63. The number of aromatic nitrogens is 1. The molecular weight excluding hydrogens is 258 g/mol. The molecule has 1 heterocycles. The van der Waals surface area contributed by atoms with Crippen molar-refractivity contribution in [3.05, 3.63) is 23.0 Å². The van der Waals surface area contributed by atoms with E-state index in [1.54, 1.807) is 6.92 Å². The average molecular weight is 282 g/mol. The molecule has 1 saturated carbocycles. The third-order valence-electron chi connectivity index (χ3n) is 4.43. The largest absolute Gasteiger partial charge is 0.348 e. The van der Waals surface area contributed by atoms with Gasteiger partial charge in [0.15, 0.2) is 5.78 Å². The summed E-state index contributed by atoms with van der Waals surface area (Å²) in [5.74, 6) is 0.0429. The molecule has 0 saturated heterocycles. The van der Waals surface area contributed by atoms with Crippen molar-refractivity contribution in [2.24, 2.45) is 5.41 Å². The molecule has 1 aromatic heterocycles. The summed E-state index contributed by atoms with van der Waals surface area (Å²) in [7, 11) is 0. The lowest BCUT2D eigenvalue weighted by atomic mass is 10.0. The SMILES string of the molecule is CCCC1(Cn2c(C)cc(C(=O)C(C)Cl)c2C)CC1. The fourth-order valence-electron chi connectivity index (χ4n) is 3.04. The van der Waals surface area contributed by atoms with Crippen LogP contribution in [-0.4, -0.2) is 15.7 Å². The smallest absolute Gasteiger partial charge is 0.182 e. The fourth-order valence-corrected chi connectivity index (χ4v) is 3.16. The van der Waals surface area contributed by atoms with E-state index in [1.807, 2.05) is 13.0 Å². The van der Waals surface area contributed by atoms with Gasteiger partial charge in [-0.05, 0) is 51.5 Å². The zero-order valence-corrected chi connectivity index (χ0v) is 13.2. The van der Waals surface area contributed by atoms with Gasteiger partial charge in [-0.1, -0.05) is 13.3 Å². The summed E-state index contributed by atoms with van der Waals surface area (Å²) >= 11 is 5.93. The van der Waals surface area contributed by atoms with E-state index < -0.39 is 5.38 Å².